The van der Waals surface area contributed by atoms with Gasteiger partial charge in [0.2, 0.25) is 41.4 Å². The maximum absolute atomic E-state index is 14.5. The van der Waals surface area contributed by atoms with Crippen molar-refractivity contribution in [3.05, 3.63) is 96.1 Å². The van der Waals surface area contributed by atoms with Crippen molar-refractivity contribution < 1.29 is 38.7 Å². The number of aliphatic hydroxyl groups excluding tert-OH is 1. The van der Waals surface area contributed by atoms with Gasteiger partial charge in [0.25, 0.3) is 0 Å². The van der Waals surface area contributed by atoms with E-state index in [0.29, 0.717) is 11.1 Å². The molecule has 1 heterocycles. The van der Waals surface area contributed by atoms with E-state index >= 15 is 0 Å². The van der Waals surface area contributed by atoms with Gasteiger partial charge >= 0.3 is 0 Å². The number of amides is 7. The molecule has 0 saturated carbocycles. The molecule has 4 aromatic carbocycles. The molecule has 21 nitrogen and oxygen atoms in total. The van der Waals surface area contributed by atoms with E-state index in [1.807, 2.05) is 86.6 Å². The van der Waals surface area contributed by atoms with Crippen LogP contribution in [0.5, 0.6) is 0 Å². The lowest BCUT2D eigenvalue weighted by Gasteiger charge is -2.28. The molecule has 5 rings (SSSR count). The zero-order valence-electron chi connectivity index (χ0n) is 40.3. The van der Waals surface area contributed by atoms with Crippen LogP contribution in [-0.4, -0.2) is 120 Å². The van der Waals surface area contributed by atoms with Gasteiger partial charge in [-0.15, -0.1) is 0 Å². The van der Waals surface area contributed by atoms with Crippen LogP contribution in [0.1, 0.15) is 64.0 Å². The fourth-order valence-corrected chi connectivity index (χ4v) is 8.14. The first-order chi connectivity index (χ1) is 33.9. The first-order valence-corrected chi connectivity index (χ1v) is 23.7. The van der Waals surface area contributed by atoms with Crippen molar-refractivity contribution in [1.29, 1.82) is 0 Å². The molecule has 1 fully saturated rings. The molecule has 21 heteroatoms. The highest BCUT2D eigenvalue weighted by atomic mass is 16.3. The van der Waals surface area contributed by atoms with E-state index in [0.717, 1.165) is 21.5 Å². The number of aliphatic imine (C=N–C) groups is 2. The molecule has 7 atom stereocenters. The van der Waals surface area contributed by atoms with Crippen molar-refractivity contribution in [3.8, 4) is 0 Å². The molecule has 0 unspecified atom stereocenters. The Bertz CT molecular complexity index is 2590. The predicted molar refractivity (Wildman–Crippen MR) is 271 cm³/mol. The normalized spacial score (nSPS) is 21.6. The molecule has 7 amide bonds. The summed E-state index contributed by atoms with van der Waals surface area (Å²) < 4.78 is 0. The van der Waals surface area contributed by atoms with E-state index in [4.69, 9.17) is 22.9 Å². The average molecular weight is 978 g/mol. The van der Waals surface area contributed by atoms with Crippen LogP contribution in [0.25, 0.3) is 21.5 Å². The van der Waals surface area contributed by atoms with Gasteiger partial charge < -0.3 is 65.3 Å². The number of guanidine groups is 2. The van der Waals surface area contributed by atoms with Crippen LogP contribution in [0.4, 0.5) is 0 Å². The number of benzene rings is 4. The zero-order valence-corrected chi connectivity index (χ0v) is 40.3. The third-order valence-electron chi connectivity index (χ3n) is 11.8. The number of carbonyl (C=O) groups is 7. The van der Waals surface area contributed by atoms with Crippen molar-refractivity contribution in [3.63, 3.8) is 0 Å². The fourth-order valence-electron chi connectivity index (χ4n) is 8.14. The summed E-state index contributed by atoms with van der Waals surface area (Å²) in [5, 5.41) is 33.4. The number of fused-ring (bicyclic) bond motifs is 2. The highest BCUT2D eigenvalue weighted by molar-refractivity contribution is 5.98. The molecular weight excluding hydrogens is 911 g/mol. The number of carbonyl (C=O) groups excluding carboxylic acids is 7. The lowest BCUT2D eigenvalue weighted by molar-refractivity contribution is -0.136. The molecule has 1 saturated heterocycles. The number of nitrogens with zero attached hydrogens (tertiary/aromatic N) is 2. The van der Waals surface area contributed by atoms with Crippen LogP contribution in [0, 0.1) is 5.92 Å². The molecule has 0 radical (unpaired) electrons. The summed E-state index contributed by atoms with van der Waals surface area (Å²) in [4.78, 5) is 107. The van der Waals surface area contributed by atoms with E-state index in [9.17, 15) is 38.7 Å². The quantitative estimate of drug-likeness (QED) is 0.0402. The van der Waals surface area contributed by atoms with E-state index in [1.54, 1.807) is 12.1 Å². The van der Waals surface area contributed by atoms with Gasteiger partial charge in [-0.2, -0.15) is 0 Å². The van der Waals surface area contributed by atoms with Crippen molar-refractivity contribution in [2.75, 3.05) is 19.6 Å². The van der Waals surface area contributed by atoms with Gasteiger partial charge in [-0.25, -0.2) is 0 Å². The monoisotopic (exact) mass is 978 g/mol. The van der Waals surface area contributed by atoms with E-state index in [2.05, 4.69) is 47.2 Å². The van der Waals surface area contributed by atoms with Crippen molar-refractivity contribution in [1.82, 2.24) is 37.2 Å². The number of aliphatic hydroxyl groups is 1. The van der Waals surface area contributed by atoms with E-state index in [-0.39, 0.29) is 75.9 Å². The minimum Gasteiger partial charge on any atom is -0.391 e. The van der Waals surface area contributed by atoms with Gasteiger partial charge in [0.15, 0.2) is 11.9 Å². The Labute approximate surface area is 412 Å². The number of hydrogen-bond acceptors (Lipinski definition) is 10. The highest BCUT2D eigenvalue weighted by Gasteiger charge is 2.36. The van der Waals surface area contributed by atoms with Gasteiger partial charge in [-0.3, -0.25) is 43.5 Å². The Morgan fingerprint density at radius 3 is 1.42 bits per heavy atom. The van der Waals surface area contributed by atoms with Crippen LogP contribution in [0.15, 0.2) is 94.9 Å². The lowest BCUT2D eigenvalue weighted by Crippen LogP contribution is -2.61. The Morgan fingerprint density at radius 2 is 0.958 bits per heavy atom. The van der Waals surface area contributed by atoms with Gasteiger partial charge in [-0.1, -0.05) is 98.8 Å². The van der Waals surface area contributed by atoms with Gasteiger partial charge in [0.05, 0.1) is 12.6 Å². The summed E-state index contributed by atoms with van der Waals surface area (Å²) in [6.07, 6.45) is -1.27. The summed E-state index contributed by atoms with van der Waals surface area (Å²) in [5.74, 6) is -6.18. The first kappa shape index (κ1) is 54.1. The molecule has 380 valence electrons. The Balaban J connectivity index is 1.56. The lowest BCUT2D eigenvalue weighted by atomic mass is 9.99. The maximum Gasteiger partial charge on any atom is 0.245 e. The average Bonchev–Trinajstić information content (AvgIpc) is 3.32. The Morgan fingerprint density at radius 1 is 0.535 bits per heavy atom. The summed E-state index contributed by atoms with van der Waals surface area (Å²) in [6.45, 7) is 4.50. The smallest absolute Gasteiger partial charge is 0.245 e. The van der Waals surface area contributed by atoms with E-state index < -0.39 is 90.3 Å². The second-order valence-electron chi connectivity index (χ2n) is 18.1. The Kier molecular flexibility index (Phi) is 20.0. The van der Waals surface area contributed by atoms with Gasteiger partial charge in [0.1, 0.15) is 36.3 Å². The third-order valence-corrected chi connectivity index (χ3v) is 11.8. The largest absolute Gasteiger partial charge is 0.391 e. The molecule has 1 aliphatic rings. The minimum atomic E-state index is -1.68. The van der Waals surface area contributed by atoms with Crippen LogP contribution in [0.3, 0.4) is 0 Å². The topological polar surface area (TPSA) is 353 Å². The molecule has 16 N–H and O–H groups in total. The molecule has 0 spiro atoms. The molecule has 0 aliphatic carbocycles. The number of nitrogens with one attached hydrogen (secondary N) is 7. The summed E-state index contributed by atoms with van der Waals surface area (Å²) in [7, 11) is 0. The molecule has 1 aliphatic heterocycles. The molecule has 71 heavy (non-hydrogen) atoms. The zero-order chi connectivity index (χ0) is 51.6. The first-order valence-electron chi connectivity index (χ1n) is 23.7. The second kappa shape index (κ2) is 26.2. The van der Waals surface area contributed by atoms with Crippen molar-refractivity contribution in [2.24, 2.45) is 38.8 Å². The molecule has 4 aromatic rings. The third kappa shape index (κ3) is 17.0. The molecule has 0 aromatic heterocycles. The van der Waals surface area contributed by atoms with Crippen LogP contribution in [-0.2, 0) is 46.4 Å². The van der Waals surface area contributed by atoms with Crippen LogP contribution >= 0.6 is 0 Å². The predicted octanol–water partition coefficient (Wildman–Crippen LogP) is -0.649. The van der Waals surface area contributed by atoms with Crippen molar-refractivity contribution in [2.45, 2.75) is 108 Å². The van der Waals surface area contributed by atoms with Gasteiger partial charge in [-0.05, 0) is 77.6 Å². The SMILES string of the molecule is CC(C)C[C@@H]1NC(=O)CNC(=O)[C@H](Cc2ccc3ccccc3c2)NC(=O)[C@H](CCCN=C(N)N)NC(=O)[C@H]([C@@H](C)O)NC(=O)[C@H](Cc2ccc3ccccc3c2)NC(=O)[C@H](CCCN=C(N)N)NC1=O. The summed E-state index contributed by atoms with van der Waals surface area (Å²) in [5.41, 5.74) is 23.5. The number of hydrogen-bond donors (Lipinski definition) is 12. The summed E-state index contributed by atoms with van der Waals surface area (Å²) >= 11 is 0. The molecule has 0 bridgehead atoms. The number of nitrogens with two attached hydrogens (primary N) is 4. The second-order valence-corrected chi connectivity index (χ2v) is 18.1. The Hall–Kier alpha value is -7.81. The maximum atomic E-state index is 14.5. The minimum absolute atomic E-state index is 0.0139. The molecular formula is C50H67N13O8. The van der Waals surface area contributed by atoms with Gasteiger partial charge in [0, 0.05) is 25.9 Å². The number of rotatable bonds is 15. The standard InChI is InChI=1S/C50H67N13O8/c1-28(2)22-38-46(69)59-36(14-8-20-55-49(51)52)44(67)62-40(26-31-17-19-33-11-5-7-13-35(33)24-31)47(70)63-42(29(3)64)48(71)60-37(15-9-21-56-50(53)54)45(68)61-39(43(66)57-27-41(65)58-38)25-30-16-18-32-10-4-6-12-34(32)23-30/h4-7,10-13,16-19,23-24,28-29,36-40,42,64H,8-9,14-15,20-22,25-27H2,1-3H3,(H,57,66)(H,58,65)(H,59,69)(H,60,71)(H,61,68)(H,62,67)(H,63,70)(H4,51,52,55)(H4,53,54,56)/t29-,36+,37+,38+,39+,40+,42+/m1/s1. The van der Waals surface area contributed by atoms with Crippen LogP contribution in [0.2, 0.25) is 0 Å². The fraction of sp³-hybridized carbons (Fsp3) is 0.420. The van der Waals surface area contributed by atoms with Crippen molar-refractivity contribution >= 4 is 74.8 Å². The van der Waals surface area contributed by atoms with Crippen LogP contribution < -0.4 is 60.2 Å². The summed E-state index contributed by atoms with van der Waals surface area (Å²) in [6, 6.07) is 17.9. The highest BCUT2D eigenvalue weighted by Crippen LogP contribution is 2.19. The van der Waals surface area contributed by atoms with E-state index in [1.165, 1.54) is 6.92 Å².